The van der Waals surface area contributed by atoms with E-state index >= 15 is 0 Å². The lowest BCUT2D eigenvalue weighted by molar-refractivity contribution is 1.57. The average Bonchev–Trinajstić information content (AvgIpc) is 2.09. The maximum atomic E-state index is 3.59. The van der Waals surface area contributed by atoms with E-state index < -0.39 is 0 Å². The third-order valence-electron chi connectivity index (χ3n) is 1.54. The average molecular weight is 159 g/mol. The Morgan fingerprint density at radius 3 is 2.42 bits per heavy atom. The highest BCUT2D eigenvalue weighted by Crippen LogP contribution is 2.10. The van der Waals surface area contributed by atoms with Crippen LogP contribution in [0.5, 0.6) is 0 Å². The third-order valence-corrected chi connectivity index (χ3v) is 1.54. The second kappa shape index (κ2) is 4.39. The smallest absolute Gasteiger partial charge is 0.0379 e. The number of rotatable bonds is 3. The van der Waals surface area contributed by atoms with Gasteiger partial charge in [0.25, 0.3) is 0 Å². The van der Waals surface area contributed by atoms with Gasteiger partial charge in [0.2, 0.25) is 0 Å². The van der Waals surface area contributed by atoms with Crippen molar-refractivity contribution in [3.8, 4) is 0 Å². The predicted molar refractivity (Wildman–Crippen MR) is 55.0 cm³/mol. The van der Waals surface area contributed by atoms with Crippen LogP contribution < -0.4 is 5.32 Å². The number of hydrogen-bond donors (Lipinski definition) is 1. The molecule has 12 heavy (non-hydrogen) atoms. The van der Waals surface area contributed by atoms with Gasteiger partial charge in [-0.1, -0.05) is 30.9 Å². The molecule has 0 radical (unpaired) electrons. The van der Waals surface area contributed by atoms with Crippen LogP contribution >= 0.6 is 0 Å². The molecule has 62 valence electrons. The molecule has 0 fully saturated rings. The molecule has 0 atom stereocenters. The highest BCUT2D eigenvalue weighted by molar-refractivity contribution is 5.55. The van der Waals surface area contributed by atoms with Crippen LogP contribution in [0.15, 0.2) is 43.1 Å². The van der Waals surface area contributed by atoms with Gasteiger partial charge in [-0.3, -0.25) is 0 Å². The molecule has 0 saturated heterocycles. The molecule has 1 heteroatoms. The van der Waals surface area contributed by atoms with Gasteiger partial charge in [-0.15, -0.1) is 0 Å². The standard InChI is InChI=1S/C11H13N/c1-3-5-10-6-8-11(9-7-10)12-4-2/h3-9,12H,2H2,1H3/b5-3+. The van der Waals surface area contributed by atoms with E-state index in [1.807, 2.05) is 25.1 Å². The summed E-state index contributed by atoms with van der Waals surface area (Å²) in [6.45, 7) is 5.60. The van der Waals surface area contributed by atoms with Gasteiger partial charge in [-0.2, -0.15) is 0 Å². The van der Waals surface area contributed by atoms with Crippen LogP contribution in [0.2, 0.25) is 0 Å². The molecule has 0 amide bonds. The predicted octanol–water partition coefficient (Wildman–Crippen LogP) is 3.28. The molecule has 0 aliphatic heterocycles. The normalized spacial score (nSPS) is 10.1. The van der Waals surface area contributed by atoms with Gasteiger partial charge >= 0.3 is 0 Å². The Labute approximate surface area is 73.4 Å². The summed E-state index contributed by atoms with van der Waals surface area (Å²) in [4.78, 5) is 0. The van der Waals surface area contributed by atoms with Crippen molar-refractivity contribution in [3.05, 3.63) is 48.7 Å². The minimum Gasteiger partial charge on any atom is -0.362 e. The third kappa shape index (κ3) is 2.27. The largest absolute Gasteiger partial charge is 0.362 e. The quantitative estimate of drug-likeness (QED) is 0.713. The Hall–Kier alpha value is -1.50. The first-order valence-corrected chi connectivity index (χ1v) is 3.97. The molecule has 1 nitrogen and oxygen atoms in total. The molecule has 1 aromatic rings. The monoisotopic (exact) mass is 159 g/mol. The number of benzene rings is 1. The molecule has 0 aromatic heterocycles. The zero-order valence-electron chi connectivity index (χ0n) is 7.25. The molecule has 0 saturated carbocycles. The van der Waals surface area contributed by atoms with Crippen molar-refractivity contribution < 1.29 is 0 Å². The summed E-state index contributed by atoms with van der Waals surface area (Å²) in [5, 5.41) is 3.02. The fraction of sp³-hybridized carbons (Fsp3) is 0.0909. The van der Waals surface area contributed by atoms with Crippen LogP contribution in [0.3, 0.4) is 0 Å². The van der Waals surface area contributed by atoms with Gasteiger partial charge in [0.1, 0.15) is 0 Å². The van der Waals surface area contributed by atoms with Gasteiger partial charge in [-0.25, -0.2) is 0 Å². The minimum atomic E-state index is 1.07. The lowest BCUT2D eigenvalue weighted by atomic mass is 10.2. The summed E-state index contributed by atoms with van der Waals surface area (Å²) in [7, 11) is 0. The molecule has 0 unspecified atom stereocenters. The summed E-state index contributed by atoms with van der Waals surface area (Å²) >= 11 is 0. The maximum Gasteiger partial charge on any atom is 0.0379 e. The van der Waals surface area contributed by atoms with E-state index in [2.05, 4.69) is 30.1 Å². The Morgan fingerprint density at radius 2 is 1.92 bits per heavy atom. The van der Waals surface area contributed by atoms with Crippen LogP contribution in [0.25, 0.3) is 6.08 Å². The molecule has 1 N–H and O–H groups in total. The zero-order valence-corrected chi connectivity index (χ0v) is 7.25. The van der Waals surface area contributed by atoms with Crippen molar-refractivity contribution in [2.24, 2.45) is 0 Å². The molecule has 0 aliphatic carbocycles. The van der Waals surface area contributed by atoms with Crippen LogP contribution in [0, 0.1) is 0 Å². The molecular formula is C11H13N. The summed E-state index contributed by atoms with van der Waals surface area (Å²) in [5.74, 6) is 0. The van der Waals surface area contributed by atoms with Gasteiger partial charge in [-0.05, 0) is 30.8 Å². The van der Waals surface area contributed by atoms with Crippen molar-refractivity contribution in [3.63, 3.8) is 0 Å². The maximum absolute atomic E-state index is 3.59. The van der Waals surface area contributed by atoms with E-state index in [1.54, 1.807) is 6.20 Å². The van der Waals surface area contributed by atoms with Crippen LogP contribution in [-0.4, -0.2) is 0 Å². The highest BCUT2D eigenvalue weighted by Gasteiger charge is 1.87. The SMILES string of the molecule is C=CNc1ccc(/C=C/C)cc1. The summed E-state index contributed by atoms with van der Waals surface area (Å²) in [5.41, 5.74) is 2.28. The lowest BCUT2D eigenvalue weighted by Crippen LogP contribution is -1.84. The summed E-state index contributed by atoms with van der Waals surface area (Å²) in [6, 6.07) is 8.17. The second-order valence-corrected chi connectivity index (χ2v) is 2.47. The van der Waals surface area contributed by atoms with Crippen LogP contribution in [0.4, 0.5) is 5.69 Å². The summed E-state index contributed by atoms with van der Waals surface area (Å²) < 4.78 is 0. The molecule has 0 spiro atoms. The molecule has 1 aromatic carbocycles. The topological polar surface area (TPSA) is 12.0 Å². The number of anilines is 1. The lowest BCUT2D eigenvalue weighted by Gasteiger charge is -1.99. The van der Waals surface area contributed by atoms with E-state index in [4.69, 9.17) is 0 Å². The number of hydrogen-bond acceptors (Lipinski definition) is 1. The second-order valence-electron chi connectivity index (χ2n) is 2.47. The van der Waals surface area contributed by atoms with Gasteiger partial charge < -0.3 is 5.32 Å². The summed E-state index contributed by atoms with van der Waals surface area (Å²) in [6.07, 6.45) is 5.76. The highest BCUT2D eigenvalue weighted by atomic mass is 14.8. The van der Waals surface area contributed by atoms with Crippen molar-refractivity contribution in [1.29, 1.82) is 0 Å². The Bertz CT molecular complexity index is 270. The van der Waals surface area contributed by atoms with Gasteiger partial charge in [0.15, 0.2) is 0 Å². The van der Waals surface area contributed by atoms with Crippen LogP contribution in [0.1, 0.15) is 12.5 Å². The molecule has 1 rings (SSSR count). The molecule has 0 bridgehead atoms. The van der Waals surface area contributed by atoms with E-state index in [0.717, 1.165) is 5.69 Å². The number of nitrogens with one attached hydrogen (secondary N) is 1. The Kier molecular flexibility index (Phi) is 3.15. The van der Waals surface area contributed by atoms with Crippen LogP contribution in [-0.2, 0) is 0 Å². The zero-order chi connectivity index (χ0) is 8.81. The molecule has 0 aliphatic rings. The van der Waals surface area contributed by atoms with Crippen molar-refractivity contribution in [2.45, 2.75) is 6.92 Å². The first-order chi connectivity index (χ1) is 5.86. The fourth-order valence-corrected chi connectivity index (χ4v) is 1.00. The minimum absolute atomic E-state index is 1.07. The first kappa shape index (κ1) is 8.60. The van der Waals surface area contributed by atoms with E-state index in [0.29, 0.717) is 0 Å². The van der Waals surface area contributed by atoms with E-state index in [1.165, 1.54) is 5.56 Å². The van der Waals surface area contributed by atoms with Crippen molar-refractivity contribution >= 4 is 11.8 Å². The van der Waals surface area contributed by atoms with E-state index in [9.17, 15) is 0 Å². The number of allylic oxidation sites excluding steroid dienone is 1. The van der Waals surface area contributed by atoms with Gasteiger partial charge in [0, 0.05) is 5.69 Å². The molecular weight excluding hydrogens is 146 g/mol. The van der Waals surface area contributed by atoms with Crippen molar-refractivity contribution in [2.75, 3.05) is 5.32 Å². The van der Waals surface area contributed by atoms with Crippen molar-refractivity contribution in [1.82, 2.24) is 0 Å². The first-order valence-electron chi connectivity index (χ1n) is 3.97. The fourth-order valence-electron chi connectivity index (χ4n) is 1.00. The van der Waals surface area contributed by atoms with Gasteiger partial charge in [0.05, 0.1) is 0 Å². The molecule has 0 heterocycles. The Morgan fingerprint density at radius 1 is 1.25 bits per heavy atom. The Balaban J connectivity index is 2.77. The van der Waals surface area contributed by atoms with E-state index in [-0.39, 0.29) is 0 Å².